The first-order valence-corrected chi connectivity index (χ1v) is 10.4. The molecule has 0 aromatic heterocycles. The Kier molecular flexibility index (Phi) is 7.24. The number of rotatable bonds is 7. The molecule has 0 aliphatic rings. The van der Waals surface area contributed by atoms with E-state index in [0.29, 0.717) is 12.0 Å². The Morgan fingerprint density at radius 1 is 1.07 bits per heavy atom. The van der Waals surface area contributed by atoms with E-state index in [9.17, 15) is 26.4 Å². The molecular weight excluding hydrogens is 461 g/mol. The fraction of sp³-hybridized carbons (Fsp3) is 0.278. The number of hydrogen-bond donors (Lipinski definition) is 1. The summed E-state index contributed by atoms with van der Waals surface area (Å²) in [6, 6.07) is 10.7. The molecule has 2 aromatic carbocycles. The van der Waals surface area contributed by atoms with E-state index in [0.717, 1.165) is 20.9 Å². The van der Waals surface area contributed by atoms with Gasteiger partial charge in [-0.15, -0.1) is 0 Å². The summed E-state index contributed by atoms with van der Waals surface area (Å²) in [7, 11) is -2.50. The molecule has 0 unspecified atom stereocenters. The van der Waals surface area contributed by atoms with E-state index >= 15 is 0 Å². The highest BCUT2D eigenvalue weighted by Crippen LogP contribution is 2.29. The molecule has 10 heteroatoms. The summed E-state index contributed by atoms with van der Waals surface area (Å²) in [4.78, 5) is 12.1. The SMILES string of the molecule is CN(CC(=O)NCCc1ccc(C(F)(F)F)cc1)S(=O)(=O)c1ccc(Br)cc1. The van der Waals surface area contributed by atoms with E-state index in [2.05, 4.69) is 21.2 Å². The summed E-state index contributed by atoms with van der Waals surface area (Å²) in [5.74, 6) is -0.505. The second-order valence-corrected chi connectivity index (χ2v) is 8.97. The van der Waals surface area contributed by atoms with Crippen molar-refractivity contribution in [2.75, 3.05) is 20.1 Å². The van der Waals surface area contributed by atoms with Gasteiger partial charge in [-0.1, -0.05) is 28.1 Å². The zero-order chi connectivity index (χ0) is 20.9. The number of alkyl halides is 3. The van der Waals surface area contributed by atoms with E-state index in [1.54, 1.807) is 12.1 Å². The van der Waals surface area contributed by atoms with Gasteiger partial charge in [0.15, 0.2) is 0 Å². The monoisotopic (exact) mass is 478 g/mol. The molecule has 0 spiro atoms. The van der Waals surface area contributed by atoms with Gasteiger partial charge in [0.25, 0.3) is 0 Å². The number of halogens is 4. The Labute approximate surface area is 169 Å². The van der Waals surface area contributed by atoms with E-state index < -0.39 is 27.7 Å². The van der Waals surface area contributed by atoms with Gasteiger partial charge in [-0.05, 0) is 48.4 Å². The highest BCUT2D eigenvalue weighted by molar-refractivity contribution is 9.10. The lowest BCUT2D eigenvalue weighted by Crippen LogP contribution is -2.39. The fourth-order valence-corrected chi connectivity index (χ4v) is 3.73. The van der Waals surface area contributed by atoms with Gasteiger partial charge in [-0.2, -0.15) is 17.5 Å². The predicted octanol–water partition coefficient (Wildman–Crippen LogP) is 3.45. The first-order valence-electron chi connectivity index (χ1n) is 8.15. The summed E-state index contributed by atoms with van der Waals surface area (Å²) < 4.78 is 64.1. The summed E-state index contributed by atoms with van der Waals surface area (Å²) in [6.07, 6.45) is -4.06. The Balaban J connectivity index is 1.85. The van der Waals surface area contributed by atoms with Crippen molar-refractivity contribution in [2.24, 2.45) is 0 Å². The van der Waals surface area contributed by atoms with Crippen LogP contribution in [0.3, 0.4) is 0 Å². The van der Waals surface area contributed by atoms with Crippen LogP contribution in [-0.2, 0) is 27.4 Å². The molecule has 0 atom stereocenters. The highest BCUT2D eigenvalue weighted by Gasteiger charge is 2.29. The van der Waals surface area contributed by atoms with Crippen LogP contribution in [0.15, 0.2) is 57.9 Å². The summed E-state index contributed by atoms with van der Waals surface area (Å²) >= 11 is 3.22. The lowest BCUT2D eigenvalue weighted by molar-refractivity contribution is -0.137. The second kappa shape index (κ2) is 9.06. The maximum Gasteiger partial charge on any atom is 0.416 e. The van der Waals surface area contributed by atoms with E-state index in [4.69, 9.17) is 0 Å². The quantitative estimate of drug-likeness (QED) is 0.662. The standard InChI is InChI=1S/C18H18BrF3N2O3S/c1-24(28(26,27)16-8-6-15(19)7-9-16)12-17(25)23-11-10-13-2-4-14(5-3-13)18(20,21)22/h2-9H,10-12H2,1H3,(H,23,25). The van der Waals surface area contributed by atoms with Crippen LogP contribution in [-0.4, -0.2) is 38.8 Å². The van der Waals surface area contributed by atoms with Gasteiger partial charge in [0.1, 0.15) is 0 Å². The normalized spacial score (nSPS) is 12.2. The number of hydrogen-bond acceptors (Lipinski definition) is 3. The zero-order valence-corrected chi connectivity index (χ0v) is 17.2. The van der Waals surface area contributed by atoms with Gasteiger partial charge in [0.2, 0.25) is 15.9 Å². The highest BCUT2D eigenvalue weighted by atomic mass is 79.9. The van der Waals surface area contributed by atoms with Crippen LogP contribution in [0.25, 0.3) is 0 Å². The number of carbonyl (C=O) groups is 1. The van der Waals surface area contributed by atoms with Crippen molar-refractivity contribution in [3.8, 4) is 0 Å². The molecule has 28 heavy (non-hydrogen) atoms. The molecule has 0 aliphatic heterocycles. The second-order valence-electron chi connectivity index (χ2n) is 6.01. The Hall–Kier alpha value is -1.91. The number of sulfonamides is 1. The number of benzene rings is 2. The van der Waals surface area contributed by atoms with Crippen LogP contribution in [0.2, 0.25) is 0 Å². The largest absolute Gasteiger partial charge is 0.416 e. The van der Waals surface area contributed by atoms with E-state index in [1.807, 2.05) is 0 Å². The number of amides is 1. The molecule has 1 amide bonds. The van der Waals surface area contributed by atoms with Crippen LogP contribution in [0, 0.1) is 0 Å². The molecule has 2 rings (SSSR count). The minimum absolute atomic E-state index is 0.0655. The number of nitrogens with zero attached hydrogens (tertiary/aromatic N) is 1. The Bertz CT molecular complexity index is 915. The van der Waals surface area contributed by atoms with Crippen LogP contribution in [0.5, 0.6) is 0 Å². The number of carbonyl (C=O) groups excluding carboxylic acids is 1. The molecule has 0 aliphatic carbocycles. The average molecular weight is 479 g/mol. The lowest BCUT2D eigenvalue weighted by atomic mass is 10.1. The average Bonchev–Trinajstić information content (AvgIpc) is 2.61. The maximum atomic E-state index is 12.5. The van der Waals surface area contributed by atoms with Crippen molar-refractivity contribution < 1.29 is 26.4 Å². The van der Waals surface area contributed by atoms with Crippen molar-refractivity contribution in [1.29, 1.82) is 0 Å². The third-order valence-electron chi connectivity index (χ3n) is 3.91. The van der Waals surface area contributed by atoms with Crippen LogP contribution in [0.1, 0.15) is 11.1 Å². The van der Waals surface area contributed by atoms with Gasteiger partial charge in [0, 0.05) is 18.1 Å². The van der Waals surface area contributed by atoms with Crippen LogP contribution < -0.4 is 5.32 Å². The van der Waals surface area contributed by atoms with E-state index in [1.165, 1.54) is 31.3 Å². The van der Waals surface area contributed by atoms with Gasteiger partial charge < -0.3 is 5.32 Å². The molecule has 0 bridgehead atoms. The van der Waals surface area contributed by atoms with Gasteiger partial charge >= 0.3 is 6.18 Å². The molecule has 0 heterocycles. The number of likely N-dealkylation sites (N-methyl/N-ethyl adjacent to an activating group) is 1. The van der Waals surface area contributed by atoms with Crippen LogP contribution >= 0.6 is 15.9 Å². The molecule has 152 valence electrons. The molecule has 0 radical (unpaired) electrons. The zero-order valence-electron chi connectivity index (χ0n) is 14.8. The smallest absolute Gasteiger partial charge is 0.355 e. The molecule has 0 saturated carbocycles. The van der Waals surface area contributed by atoms with E-state index in [-0.39, 0.29) is 18.0 Å². The molecule has 5 nitrogen and oxygen atoms in total. The number of nitrogens with one attached hydrogen (secondary N) is 1. The van der Waals surface area contributed by atoms with Gasteiger partial charge in [0.05, 0.1) is 17.0 Å². The lowest BCUT2D eigenvalue weighted by Gasteiger charge is -2.17. The summed E-state index contributed by atoms with van der Waals surface area (Å²) in [6.45, 7) is -0.193. The van der Waals surface area contributed by atoms with Crippen molar-refractivity contribution in [2.45, 2.75) is 17.5 Å². The minimum Gasteiger partial charge on any atom is -0.355 e. The fourth-order valence-electron chi connectivity index (χ4n) is 2.34. The third kappa shape index (κ3) is 6.05. The van der Waals surface area contributed by atoms with Gasteiger partial charge in [-0.3, -0.25) is 4.79 Å². The Morgan fingerprint density at radius 2 is 1.64 bits per heavy atom. The van der Waals surface area contributed by atoms with Gasteiger partial charge in [-0.25, -0.2) is 8.42 Å². The Morgan fingerprint density at radius 3 is 2.18 bits per heavy atom. The predicted molar refractivity (Wildman–Crippen MR) is 102 cm³/mol. The molecule has 0 fully saturated rings. The summed E-state index contributed by atoms with van der Waals surface area (Å²) in [5, 5.41) is 2.56. The maximum absolute atomic E-state index is 12.5. The first-order chi connectivity index (χ1) is 13.0. The molecular formula is C18H18BrF3N2O3S. The minimum atomic E-state index is -4.39. The van der Waals surface area contributed by atoms with Crippen molar-refractivity contribution in [3.05, 3.63) is 64.1 Å². The molecule has 1 N–H and O–H groups in total. The van der Waals surface area contributed by atoms with Crippen molar-refractivity contribution in [3.63, 3.8) is 0 Å². The summed E-state index contributed by atoms with van der Waals surface area (Å²) in [5.41, 5.74) is -0.107. The molecule has 2 aromatic rings. The van der Waals surface area contributed by atoms with Crippen molar-refractivity contribution in [1.82, 2.24) is 9.62 Å². The third-order valence-corrected chi connectivity index (χ3v) is 6.25. The van der Waals surface area contributed by atoms with Crippen LogP contribution in [0.4, 0.5) is 13.2 Å². The van der Waals surface area contributed by atoms with Crippen molar-refractivity contribution >= 4 is 31.9 Å². The first kappa shape index (κ1) is 22.4. The topological polar surface area (TPSA) is 66.5 Å². The molecule has 0 saturated heterocycles.